The number of carbonyl (C=O) groups excluding carboxylic acids is 2. The van der Waals surface area contributed by atoms with E-state index in [-0.39, 0.29) is 23.1 Å². The second-order valence-corrected chi connectivity index (χ2v) is 7.83. The van der Waals surface area contributed by atoms with E-state index in [1.807, 2.05) is 32.0 Å². The highest BCUT2D eigenvalue weighted by Gasteiger charge is 2.40. The molecule has 2 amide bonds. The van der Waals surface area contributed by atoms with Gasteiger partial charge in [0.2, 0.25) is 11.8 Å². The molecule has 4 rings (SSSR count). The third-order valence-corrected chi connectivity index (χ3v) is 5.30. The third-order valence-electron chi connectivity index (χ3n) is 5.30. The van der Waals surface area contributed by atoms with Crippen molar-refractivity contribution >= 4 is 28.5 Å². The van der Waals surface area contributed by atoms with Crippen molar-refractivity contribution in [2.24, 2.45) is 5.92 Å². The molecule has 0 radical (unpaired) electrons. The Bertz CT molecular complexity index is 1260. The fourth-order valence-corrected chi connectivity index (χ4v) is 4.12. The smallest absolute Gasteiger partial charge is 0.417 e. The maximum Gasteiger partial charge on any atom is 0.417 e. The van der Waals surface area contributed by atoms with Crippen molar-refractivity contribution in [1.29, 1.82) is 0 Å². The first kappa shape index (κ1) is 20.8. The lowest BCUT2D eigenvalue weighted by Crippen LogP contribution is -2.30. The summed E-state index contributed by atoms with van der Waals surface area (Å²) in [5.74, 6) is -1.45. The summed E-state index contributed by atoms with van der Waals surface area (Å²) < 4.78 is 44.6. The highest BCUT2D eigenvalue weighted by atomic mass is 19.4. The predicted octanol–water partition coefficient (Wildman–Crippen LogP) is 4.55. The Morgan fingerprint density at radius 2 is 1.68 bits per heavy atom. The van der Waals surface area contributed by atoms with Gasteiger partial charge in [-0.2, -0.15) is 13.2 Å². The van der Waals surface area contributed by atoms with Crippen LogP contribution in [0.15, 0.2) is 51.7 Å². The van der Waals surface area contributed by atoms with Crippen LogP contribution >= 0.6 is 0 Å². The van der Waals surface area contributed by atoms with Gasteiger partial charge in [-0.25, -0.2) is 4.79 Å². The maximum atomic E-state index is 13.2. The number of hydrogen-bond donors (Lipinski definition) is 0. The summed E-state index contributed by atoms with van der Waals surface area (Å²) in [6, 6.07) is 9.79. The van der Waals surface area contributed by atoms with Crippen molar-refractivity contribution in [2.75, 3.05) is 4.90 Å². The van der Waals surface area contributed by atoms with E-state index in [1.54, 1.807) is 0 Å². The molecule has 5 nitrogen and oxygen atoms in total. The van der Waals surface area contributed by atoms with Gasteiger partial charge in [0, 0.05) is 23.9 Å². The molecule has 1 aliphatic rings. The van der Waals surface area contributed by atoms with Crippen molar-refractivity contribution in [1.82, 2.24) is 0 Å². The average Bonchev–Trinajstić information content (AvgIpc) is 2.92. The van der Waals surface area contributed by atoms with E-state index >= 15 is 0 Å². The van der Waals surface area contributed by atoms with Gasteiger partial charge < -0.3 is 4.42 Å². The lowest BCUT2D eigenvalue weighted by atomic mass is 9.95. The summed E-state index contributed by atoms with van der Waals surface area (Å²) in [5.41, 5.74) is 0.483. The van der Waals surface area contributed by atoms with Crippen molar-refractivity contribution < 1.29 is 27.2 Å². The van der Waals surface area contributed by atoms with E-state index in [4.69, 9.17) is 4.42 Å². The second kappa shape index (κ2) is 7.37. The molecule has 0 unspecified atom stereocenters. The van der Waals surface area contributed by atoms with Crippen molar-refractivity contribution in [2.45, 2.75) is 32.9 Å². The molecule has 0 spiro atoms. The number of fused-ring (bicyclic) bond motifs is 1. The molecular formula is C23H18F3NO4. The van der Waals surface area contributed by atoms with Crippen molar-refractivity contribution in [3.63, 3.8) is 0 Å². The molecule has 1 aromatic heterocycles. The number of alkyl halides is 3. The maximum absolute atomic E-state index is 13.2. The number of aryl methyl sites for hydroxylation is 2. The second-order valence-electron chi connectivity index (χ2n) is 7.83. The summed E-state index contributed by atoms with van der Waals surface area (Å²) in [7, 11) is 0. The zero-order valence-corrected chi connectivity index (χ0v) is 16.7. The van der Waals surface area contributed by atoms with Crippen LogP contribution in [0.25, 0.3) is 11.0 Å². The Morgan fingerprint density at radius 3 is 2.32 bits per heavy atom. The number of carbonyl (C=O) groups is 2. The fraction of sp³-hybridized carbons (Fsp3) is 0.261. The number of halogens is 3. The normalized spacial score (nSPS) is 17.1. The van der Waals surface area contributed by atoms with Gasteiger partial charge in [-0.3, -0.25) is 14.5 Å². The van der Waals surface area contributed by atoms with Gasteiger partial charge in [0.25, 0.3) is 0 Å². The zero-order chi connectivity index (χ0) is 22.5. The quantitative estimate of drug-likeness (QED) is 0.453. The van der Waals surface area contributed by atoms with Crippen LogP contribution in [0, 0.1) is 19.8 Å². The van der Waals surface area contributed by atoms with Gasteiger partial charge in [0.05, 0.1) is 17.2 Å². The molecule has 0 bridgehead atoms. The van der Waals surface area contributed by atoms with Crippen LogP contribution in [-0.2, 0) is 22.2 Å². The molecule has 0 aliphatic carbocycles. The van der Waals surface area contributed by atoms with E-state index in [1.165, 1.54) is 6.07 Å². The van der Waals surface area contributed by atoms with E-state index in [0.29, 0.717) is 12.5 Å². The molecule has 1 atom stereocenters. The van der Waals surface area contributed by atoms with Crippen LogP contribution in [0.3, 0.4) is 0 Å². The number of imide groups is 1. The first-order valence-electron chi connectivity index (χ1n) is 9.62. The highest BCUT2D eigenvalue weighted by Crippen LogP contribution is 2.36. The third kappa shape index (κ3) is 3.97. The number of rotatable bonds is 3. The number of anilines is 1. The lowest BCUT2D eigenvalue weighted by Gasteiger charge is -2.16. The van der Waals surface area contributed by atoms with E-state index in [2.05, 4.69) is 0 Å². The molecule has 31 heavy (non-hydrogen) atoms. The van der Waals surface area contributed by atoms with Gasteiger partial charge in [0.15, 0.2) is 0 Å². The van der Waals surface area contributed by atoms with Crippen LogP contribution in [0.4, 0.5) is 18.9 Å². The Labute approximate surface area is 175 Å². The van der Waals surface area contributed by atoms with E-state index in [0.717, 1.165) is 33.7 Å². The summed E-state index contributed by atoms with van der Waals surface area (Å²) in [6.45, 7) is 3.89. The Hall–Kier alpha value is -3.42. The molecule has 1 aliphatic heterocycles. The van der Waals surface area contributed by atoms with Gasteiger partial charge in [-0.05, 0) is 38.0 Å². The van der Waals surface area contributed by atoms with Crippen LogP contribution in [0.2, 0.25) is 0 Å². The molecule has 2 aromatic carbocycles. The van der Waals surface area contributed by atoms with Gasteiger partial charge in [-0.1, -0.05) is 29.3 Å². The molecule has 8 heteroatoms. The van der Waals surface area contributed by atoms with Gasteiger partial charge >= 0.3 is 11.8 Å². The highest BCUT2D eigenvalue weighted by molar-refractivity contribution is 6.21. The molecule has 160 valence electrons. The Kier molecular flexibility index (Phi) is 4.95. The van der Waals surface area contributed by atoms with Crippen LogP contribution in [-0.4, -0.2) is 11.8 Å². The van der Waals surface area contributed by atoms with Gasteiger partial charge in [-0.15, -0.1) is 0 Å². The summed E-state index contributed by atoms with van der Waals surface area (Å²) in [4.78, 5) is 38.1. The number of hydrogen-bond acceptors (Lipinski definition) is 4. The largest absolute Gasteiger partial charge is 0.423 e. The minimum atomic E-state index is -4.74. The fourth-order valence-electron chi connectivity index (χ4n) is 4.12. The monoisotopic (exact) mass is 429 g/mol. The molecule has 0 saturated carbocycles. The van der Waals surface area contributed by atoms with Gasteiger partial charge in [0.1, 0.15) is 5.58 Å². The Balaban J connectivity index is 1.68. The van der Waals surface area contributed by atoms with Crippen LogP contribution in [0.1, 0.15) is 28.7 Å². The molecule has 3 aromatic rings. The molecule has 0 N–H and O–H groups in total. The van der Waals surface area contributed by atoms with Crippen molar-refractivity contribution in [3.8, 4) is 0 Å². The Morgan fingerprint density at radius 1 is 1.00 bits per heavy atom. The first-order chi connectivity index (χ1) is 14.5. The van der Waals surface area contributed by atoms with E-state index < -0.39 is 35.1 Å². The molecular weight excluding hydrogens is 411 g/mol. The summed E-state index contributed by atoms with van der Waals surface area (Å²) in [6.07, 6.45) is -4.37. The SMILES string of the molecule is Cc1cc(C)cc(C[C@@H]2CC(=O)N(c3ccc4c(C(F)(F)F)cc(=O)oc4c3)C2=O)c1. The minimum absolute atomic E-state index is 0.00357. The average molecular weight is 429 g/mol. The van der Waals surface area contributed by atoms with Crippen molar-refractivity contribution in [3.05, 3.63) is 75.1 Å². The topological polar surface area (TPSA) is 67.6 Å². The number of nitrogens with zero attached hydrogens (tertiary/aromatic N) is 1. The number of amides is 2. The lowest BCUT2D eigenvalue weighted by molar-refractivity contribution is -0.136. The van der Waals surface area contributed by atoms with Crippen LogP contribution in [0.5, 0.6) is 0 Å². The molecule has 1 saturated heterocycles. The van der Waals surface area contributed by atoms with Crippen LogP contribution < -0.4 is 10.5 Å². The zero-order valence-electron chi connectivity index (χ0n) is 16.7. The predicted molar refractivity (Wildman–Crippen MR) is 108 cm³/mol. The number of benzene rings is 2. The standard InChI is InChI=1S/C23H18F3NO4/c1-12-5-13(2)7-14(6-12)8-15-9-20(28)27(22(15)30)16-3-4-17-18(23(24,25)26)11-21(29)31-19(17)10-16/h3-7,10-11,15H,8-9H2,1-2H3/t15-/m1/s1. The summed E-state index contributed by atoms with van der Waals surface area (Å²) >= 11 is 0. The van der Waals surface area contributed by atoms with E-state index in [9.17, 15) is 27.6 Å². The summed E-state index contributed by atoms with van der Waals surface area (Å²) in [5, 5.41) is -0.318. The minimum Gasteiger partial charge on any atom is -0.423 e. The molecule has 2 heterocycles. The molecule has 1 fully saturated rings. The first-order valence-corrected chi connectivity index (χ1v) is 9.62.